The molecule has 0 heterocycles. The molecule has 3 N–H and O–H groups in total. The standard InChI is InChI=1S/C77H122O17P2/c1-5-9-13-17-21-25-29-33-35-39-42-46-50-54-58-62-75(80)88-68-73(94-77(82)64-60-56-52-48-44-40-36-34-30-26-22-18-14-10-6-2)70-92-96(85,86)90-66-71(78)65-89-95(83,84)91-69-72(93-76(81)63-59-55-51-47-43-38-32-28-24-20-16-12-8-4)67-87-74(79)61-57-53-49-45-41-37-31-27-23-19-15-11-7-3/h9-10,13-16,19-22,25-28,31-36,42,44,46,48,54,56,58,60,71-73,78H,5-8,11-12,17-18,23-24,29-30,37-41,43,45,47,49-53,55,57,59,61-70H2,1-4H3,(H,83,84)(H,85,86)/b13-9-,14-10-,19-15-,20-16-,25-21-,26-22-,31-27-,32-28-,35-33-,36-34-,46-42-,48-44-,58-54-,60-56-. The third-order valence-electron chi connectivity index (χ3n) is 13.7. The first-order valence-electron chi connectivity index (χ1n) is 35.4. The van der Waals surface area contributed by atoms with Crippen LogP contribution in [0.1, 0.15) is 233 Å². The summed E-state index contributed by atoms with van der Waals surface area (Å²) in [5.41, 5.74) is 0. The Kier molecular flexibility index (Phi) is 64.0. The van der Waals surface area contributed by atoms with E-state index in [1.54, 1.807) is 24.3 Å². The second kappa shape index (κ2) is 68.0. The minimum absolute atomic E-state index is 0.0651. The van der Waals surface area contributed by atoms with Crippen LogP contribution in [0.15, 0.2) is 170 Å². The van der Waals surface area contributed by atoms with E-state index in [0.29, 0.717) is 25.7 Å². The quantitative estimate of drug-likeness (QED) is 0.0169. The molecule has 0 aromatic rings. The fourth-order valence-corrected chi connectivity index (χ4v) is 9.96. The van der Waals surface area contributed by atoms with Gasteiger partial charge in [-0.1, -0.05) is 249 Å². The van der Waals surface area contributed by atoms with E-state index in [0.717, 1.165) is 154 Å². The minimum Gasteiger partial charge on any atom is -0.462 e. The summed E-state index contributed by atoms with van der Waals surface area (Å²) >= 11 is 0. The molecule has 5 atom stereocenters. The molecule has 0 radical (unpaired) electrons. The lowest BCUT2D eigenvalue weighted by Gasteiger charge is -2.21. The lowest BCUT2D eigenvalue weighted by atomic mass is 10.1. The number of phosphoric ester groups is 2. The first-order valence-corrected chi connectivity index (χ1v) is 38.4. The molecular formula is C77H122O17P2. The SMILES string of the molecule is CC/C=C\C/C=C\C/C=C\C/C=C\C/C=C\CC(=O)OCC(COP(=O)(O)OCC(O)COP(=O)(O)OCC(COC(=O)CCCCCCC/C=C\C/C=C\CCC)OC(=O)CCCCCCC/C=C\C/C=C\CCC)OC(=O)C/C=C\C/C=C\C/C=C\C/C=C\C/C=C\CC. The third-order valence-corrected chi connectivity index (χ3v) is 15.6. The molecule has 0 bridgehead atoms. The summed E-state index contributed by atoms with van der Waals surface area (Å²) in [6.45, 7) is 4.19. The molecule has 0 amide bonds. The van der Waals surface area contributed by atoms with Gasteiger partial charge < -0.3 is 33.8 Å². The summed E-state index contributed by atoms with van der Waals surface area (Å²) in [6, 6.07) is 0. The van der Waals surface area contributed by atoms with Crippen LogP contribution in [0, 0.1) is 0 Å². The molecule has 0 rings (SSSR count). The molecule has 0 saturated heterocycles. The highest BCUT2D eigenvalue weighted by atomic mass is 31.2. The van der Waals surface area contributed by atoms with Gasteiger partial charge in [0.15, 0.2) is 12.2 Å². The van der Waals surface area contributed by atoms with Gasteiger partial charge in [-0.05, 0) is 128 Å². The number of carbonyl (C=O) groups excluding carboxylic acids is 4. The van der Waals surface area contributed by atoms with Gasteiger partial charge in [0.1, 0.15) is 19.3 Å². The van der Waals surface area contributed by atoms with Crippen molar-refractivity contribution in [2.75, 3.05) is 39.6 Å². The summed E-state index contributed by atoms with van der Waals surface area (Å²) in [5, 5.41) is 10.6. The van der Waals surface area contributed by atoms with Crippen molar-refractivity contribution < 1.29 is 80.2 Å². The van der Waals surface area contributed by atoms with E-state index in [1.165, 1.54) is 0 Å². The van der Waals surface area contributed by atoms with Gasteiger partial charge in [0.25, 0.3) is 0 Å². The van der Waals surface area contributed by atoms with Gasteiger partial charge in [0.2, 0.25) is 0 Å². The van der Waals surface area contributed by atoms with Crippen LogP contribution in [-0.4, -0.2) is 96.7 Å². The second-order valence-electron chi connectivity index (χ2n) is 22.7. The summed E-state index contributed by atoms with van der Waals surface area (Å²) in [5.74, 6) is -2.53. The van der Waals surface area contributed by atoms with Crippen LogP contribution >= 0.6 is 15.6 Å². The number of ether oxygens (including phenoxy) is 4. The molecule has 0 fully saturated rings. The van der Waals surface area contributed by atoms with Crippen molar-refractivity contribution in [1.29, 1.82) is 0 Å². The molecule has 17 nitrogen and oxygen atoms in total. The van der Waals surface area contributed by atoms with Crippen LogP contribution in [0.2, 0.25) is 0 Å². The van der Waals surface area contributed by atoms with Crippen molar-refractivity contribution in [1.82, 2.24) is 0 Å². The molecule has 0 spiro atoms. The summed E-state index contributed by atoms with van der Waals surface area (Å²) < 4.78 is 68.0. The van der Waals surface area contributed by atoms with Crippen molar-refractivity contribution in [3.63, 3.8) is 0 Å². The summed E-state index contributed by atoms with van der Waals surface area (Å²) in [4.78, 5) is 72.5. The van der Waals surface area contributed by atoms with E-state index in [1.807, 2.05) is 24.3 Å². The molecule has 0 aromatic heterocycles. The Labute approximate surface area is 578 Å². The zero-order chi connectivity index (χ0) is 70.4. The van der Waals surface area contributed by atoms with Gasteiger partial charge in [0, 0.05) is 12.8 Å². The highest BCUT2D eigenvalue weighted by Crippen LogP contribution is 2.45. The number of aliphatic hydroxyl groups is 1. The Morgan fingerprint density at radius 1 is 0.312 bits per heavy atom. The van der Waals surface area contributed by atoms with Crippen LogP contribution in [0.4, 0.5) is 0 Å². The Hall–Kier alpha value is -5.58. The molecule has 5 unspecified atom stereocenters. The Balaban J connectivity index is 5.53. The average molecular weight is 1380 g/mol. The molecule has 0 aliphatic rings. The molecule has 19 heteroatoms. The minimum atomic E-state index is -5.02. The molecular weight excluding hydrogens is 1260 g/mol. The number of esters is 4. The maximum atomic E-state index is 13.0. The number of rotatable bonds is 64. The van der Waals surface area contributed by atoms with E-state index < -0.39 is 97.5 Å². The first kappa shape index (κ1) is 90.4. The Bertz CT molecular complexity index is 2500. The molecule has 0 aromatic carbocycles. The lowest BCUT2D eigenvalue weighted by molar-refractivity contribution is -0.161. The molecule has 0 aliphatic heterocycles. The van der Waals surface area contributed by atoms with Crippen molar-refractivity contribution in [3.8, 4) is 0 Å². The molecule has 0 aliphatic carbocycles. The summed E-state index contributed by atoms with van der Waals surface area (Å²) in [6.07, 6.45) is 78.6. The van der Waals surface area contributed by atoms with Gasteiger partial charge in [0.05, 0.1) is 39.3 Å². The van der Waals surface area contributed by atoms with Crippen LogP contribution in [0.3, 0.4) is 0 Å². The van der Waals surface area contributed by atoms with E-state index in [4.69, 9.17) is 37.0 Å². The van der Waals surface area contributed by atoms with Gasteiger partial charge in [-0.3, -0.25) is 37.3 Å². The third kappa shape index (κ3) is 67.0. The van der Waals surface area contributed by atoms with Gasteiger partial charge >= 0.3 is 39.5 Å². The molecule has 542 valence electrons. The normalized spacial score (nSPS) is 15.0. The Morgan fingerprint density at radius 3 is 0.969 bits per heavy atom. The number of phosphoric acid groups is 2. The highest BCUT2D eigenvalue weighted by molar-refractivity contribution is 7.47. The van der Waals surface area contributed by atoms with Crippen molar-refractivity contribution >= 4 is 39.5 Å². The topological polar surface area (TPSA) is 237 Å². The van der Waals surface area contributed by atoms with Gasteiger partial charge in [-0.2, -0.15) is 0 Å². The van der Waals surface area contributed by atoms with Crippen molar-refractivity contribution in [2.45, 2.75) is 251 Å². The van der Waals surface area contributed by atoms with Crippen molar-refractivity contribution in [3.05, 3.63) is 170 Å². The van der Waals surface area contributed by atoms with Gasteiger partial charge in [-0.25, -0.2) is 9.13 Å². The predicted octanol–water partition coefficient (Wildman–Crippen LogP) is 19.9. The monoisotopic (exact) mass is 1380 g/mol. The fourth-order valence-electron chi connectivity index (χ4n) is 8.38. The van der Waals surface area contributed by atoms with E-state index >= 15 is 0 Å². The molecule has 0 saturated carbocycles. The Morgan fingerprint density at radius 2 is 0.594 bits per heavy atom. The molecule has 96 heavy (non-hydrogen) atoms. The summed E-state index contributed by atoms with van der Waals surface area (Å²) in [7, 11) is -10.0. The number of carbonyl (C=O) groups is 4. The van der Waals surface area contributed by atoms with E-state index in [2.05, 4.69) is 149 Å². The largest absolute Gasteiger partial charge is 0.472 e. The second-order valence-corrected chi connectivity index (χ2v) is 25.6. The maximum Gasteiger partial charge on any atom is 0.472 e. The van der Waals surface area contributed by atoms with Crippen LogP contribution in [-0.2, 0) is 65.4 Å². The average Bonchev–Trinajstić information content (AvgIpc) is 1.36. The van der Waals surface area contributed by atoms with Crippen LogP contribution in [0.25, 0.3) is 0 Å². The zero-order valence-electron chi connectivity index (χ0n) is 58.7. The van der Waals surface area contributed by atoms with Crippen LogP contribution < -0.4 is 0 Å². The number of aliphatic hydroxyl groups excluding tert-OH is 1. The number of hydrogen-bond donors (Lipinski definition) is 3. The fraction of sp³-hybridized carbons (Fsp3) is 0.584. The number of unbranched alkanes of at least 4 members (excludes halogenated alkanes) is 12. The highest BCUT2D eigenvalue weighted by Gasteiger charge is 2.30. The van der Waals surface area contributed by atoms with E-state index in [9.17, 15) is 43.2 Å². The van der Waals surface area contributed by atoms with Crippen molar-refractivity contribution in [2.24, 2.45) is 0 Å². The maximum absolute atomic E-state index is 13.0. The predicted molar refractivity (Wildman–Crippen MR) is 390 cm³/mol. The van der Waals surface area contributed by atoms with Crippen LogP contribution in [0.5, 0.6) is 0 Å². The zero-order valence-corrected chi connectivity index (χ0v) is 60.5. The smallest absolute Gasteiger partial charge is 0.462 e. The lowest BCUT2D eigenvalue weighted by Crippen LogP contribution is -2.30. The number of allylic oxidation sites excluding steroid dienone is 26. The van der Waals surface area contributed by atoms with E-state index in [-0.39, 0.29) is 25.7 Å². The number of hydrogen-bond acceptors (Lipinski definition) is 15. The van der Waals surface area contributed by atoms with Gasteiger partial charge in [-0.15, -0.1) is 0 Å². The first-order chi connectivity index (χ1) is 46.7.